The molecule has 4 rings (SSSR count). The summed E-state index contributed by atoms with van der Waals surface area (Å²) < 4.78 is 0. The summed E-state index contributed by atoms with van der Waals surface area (Å²) in [6, 6.07) is 22.0. The number of piperidine rings is 1. The lowest BCUT2D eigenvalue weighted by atomic mass is 9.89. The smallest absolute Gasteiger partial charge is 0.253 e. The Labute approximate surface area is 214 Å². The second-order valence-electron chi connectivity index (χ2n) is 9.85. The number of aromatic nitrogens is 1. The molecule has 1 fully saturated rings. The lowest BCUT2D eigenvalue weighted by Crippen LogP contribution is -2.36. The van der Waals surface area contributed by atoms with Crippen LogP contribution in [0, 0.1) is 5.92 Å². The van der Waals surface area contributed by atoms with E-state index in [1.165, 1.54) is 5.56 Å². The lowest BCUT2D eigenvalue weighted by Gasteiger charge is -2.33. The molecule has 1 aromatic heterocycles. The highest BCUT2D eigenvalue weighted by Crippen LogP contribution is 2.30. The van der Waals surface area contributed by atoms with Gasteiger partial charge in [0.15, 0.2) is 0 Å². The van der Waals surface area contributed by atoms with Crippen molar-refractivity contribution in [2.45, 2.75) is 45.1 Å². The number of likely N-dealkylation sites (tertiary alicyclic amines) is 1. The van der Waals surface area contributed by atoms with Crippen molar-refractivity contribution in [3.8, 4) is 0 Å². The van der Waals surface area contributed by atoms with Gasteiger partial charge in [0.05, 0.1) is 11.6 Å². The largest absolute Gasteiger partial charge is 0.345 e. The van der Waals surface area contributed by atoms with Crippen molar-refractivity contribution in [1.29, 1.82) is 0 Å². The van der Waals surface area contributed by atoms with E-state index in [0.717, 1.165) is 50.1 Å². The topological polar surface area (TPSA) is 74.3 Å². The van der Waals surface area contributed by atoms with Crippen molar-refractivity contribution in [1.82, 2.24) is 15.2 Å². The maximum Gasteiger partial charge on any atom is 0.253 e. The van der Waals surface area contributed by atoms with Crippen molar-refractivity contribution >= 4 is 17.5 Å². The molecule has 2 heterocycles. The normalized spacial score (nSPS) is 15.4. The molecule has 1 aliphatic heterocycles. The molecule has 6 nitrogen and oxygen atoms in total. The quantitative estimate of drug-likeness (QED) is 0.425. The van der Waals surface area contributed by atoms with Gasteiger partial charge in [-0.1, -0.05) is 56.3 Å². The van der Waals surface area contributed by atoms with Crippen LogP contribution in [0.3, 0.4) is 0 Å². The number of pyridine rings is 1. The molecule has 188 valence electrons. The van der Waals surface area contributed by atoms with E-state index in [1.807, 2.05) is 44.2 Å². The van der Waals surface area contributed by atoms with E-state index in [0.29, 0.717) is 11.5 Å². The molecule has 2 amide bonds. The van der Waals surface area contributed by atoms with E-state index >= 15 is 0 Å². The molecule has 0 unspecified atom stereocenters. The van der Waals surface area contributed by atoms with E-state index in [-0.39, 0.29) is 23.8 Å². The maximum atomic E-state index is 12.8. The summed E-state index contributed by atoms with van der Waals surface area (Å²) in [4.78, 5) is 31.5. The van der Waals surface area contributed by atoms with Crippen molar-refractivity contribution in [3.63, 3.8) is 0 Å². The fourth-order valence-electron chi connectivity index (χ4n) is 4.70. The van der Waals surface area contributed by atoms with E-state index in [9.17, 15) is 9.59 Å². The molecule has 2 N–H and O–H groups in total. The van der Waals surface area contributed by atoms with E-state index in [4.69, 9.17) is 0 Å². The van der Waals surface area contributed by atoms with Crippen LogP contribution in [-0.2, 0) is 4.79 Å². The monoisotopic (exact) mass is 484 g/mol. The molecule has 36 heavy (non-hydrogen) atoms. The number of anilines is 1. The first-order valence-electron chi connectivity index (χ1n) is 12.9. The zero-order valence-electron chi connectivity index (χ0n) is 21.2. The lowest BCUT2D eigenvalue weighted by molar-refractivity contribution is -0.118. The van der Waals surface area contributed by atoms with Gasteiger partial charge in [-0.15, -0.1) is 0 Å². The Bertz CT molecular complexity index is 1130. The summed E-state index contributed by atoms with van der Waals surface area (Å²) >= 11 is 0. The first-order valence-corrected chi connectivity index (χ1v) is 12.9. The minimum atomic E-state index is -0.0971. The third-order valence-electron chi connectivity index (χ3n) is 6.90. The minimum Gasteiger partial charge on any atom is -0.345 e. The van der Waals surface area contributed by atoms with Crippen LogP contribution in [0.1, 0.15) is 66.6 Å². The molecule has 0 aliphatic carbocycles. The summed E-state index contributed by atoms with van der Waals surface area (Å²) in [7, 11) is 0. The number of benzene rings is 2. The number of nitrogens with one attached hydrogen (secondary N) is 2. The second kappa shape index (κ2) is 12.5. The fraction of sp³-hybridized carbons (Fsp3) is 0.367. The fourth-order valence-corrected chi connectivity index (χ4v) is 4.70. The summed E-state index contributed by atoms with van der Waals surface area (Å²) in [6.45, 7) is 6.77. The third kappa shape index (κ3) is 7.01. The van der Waals surface area contributed by atoms with Gasteiger partial charge in [-0.3, -0.25) is 14.6 Å². The van der Waals surface area contributed by atoms with Gasteiger partial charge in [-0.2, -0.15) is 0 Å². The van der Waals surface area contributed by atoms with Crippen LogP contribution >= 0.6 is 0 Å². The molecule has 1 atom stereocenters. The van der Waals surface area contributed by atoms with E-state index in [1.54, 1.807) is 24.5 Å². The van der Waals surface area contributed by atoms with Crippen molar-refractivity contribution in [3.05, 3.63) is 95.8 Å². The Kier molecular flexibility index (Phi) is 8.85. The highest BCUT2D eigenvalue weighted by atomic mass is 16.2. The average molecular weight is 485 g/mol. The first-order chi connectivity index (χ1) is 17.5. The molecular weight excluding hydrogens is 448 g/mol. The van der Waals surface area contributed by atoms with Crippen molar-refractivity contribution < 1.29 is 9.59 Å². The number of carbonyl (C=O) groups is 2. The van der Waals surface area contributed by atoms with Crippen molar-refractivity contribution in [2.75, 3.05) is 25.0 Å². The number of hydrogen-bond acceptors (Lipinski definition) is 4. The molecule has 6 heteroatoms. The Morgan fingerprint density at radius 1 is 1.00 bits per heavy atom. The Morgan fingerprint density at radius 2 is 1.78 bits per heavy atom. The van der Waals surface area contributed by atoms with Gasteiger partial charge in [0.25, 0.3) is 5.91 Å². The number of nitrogens with zero attached hydrogens (tertiary/aromatic N) is 2. The molecular formula is C30H36N4O2. The maximum absolute atomic E-state index is 12.8. The molecule has 2 aromatic carbocycles. The molecule has 0 radical (unpaired) electrons. The number of amides is 2. The van der Waals surface area contributed by atoms with Gasteiger partial charge in [-0.25, -0.2) is 0 Å². The molecule has 1 saturated heterocycles. The SMILES string of the molecule is CC(C)C(=O)Nc1cccc(C2CCN(CC[C@H](NC(=O)c3cccnc3)c3ccccc3)CC2)c1. The second-order valence-corrected chi connectivity index (χ2v) is 9.85. The van der Waals surface area contributed by atoms with Crippen LogP contribution in [0.5, 0.6) is 0 Å². The van der Waals surface area contributed by atoms with Crippen LogP contribution in [0.2, 0.25) is 0 Å². The summed E-state index contributed by atoms with van der Waals surface area (Å²) in [5, 5.41) is 6.23. The van der Waals surface area contributed by atoms with Gasteiger partial charge >= 0.3 is 0 Å². The van der Waals surface area contributed by atoms with Gasteiger partial charge in [0.1, 0.15) is 0 Å². The predicted molar refractivity (Wildman–Crippen MR) is 144 cm³/mol. The average Bonchev–Trinajstić information content (AvgIpc) is 2.92. The van der Waals surface area contributed by atoms with Crippen LogP contribution in [-0.4, -0.2) is 41.3 Å². The standard InChI is InChI=1S/C30H36N4O2/c1-22(2)29(35)32-27-12-6-10-25(20-27)23-13-17-34(18-14-23)19-15-28(24-8-4-3-5-9-24)33-30(36)26-11-7-16-31-21-26/h3-12,16,20-23,28H,13-15,17-19H2,1-2H3,(H,32,35)(H,33,36)/t28-/m0/s1. The van der Waals surface area contributed by atoms with Crippen LogP contribution in [0.15, 0.2) is 79.1 Å². The van der Waals surface area contributed by atoms with E-state index in [2.05, 4.69) is 44.8 Å². The number of hydrogen-bond donors (Lipinski definition) is 2. The predicted octanol–water partition coefficient (Wildman–Crippen LogP) is 5.42. The minimum absolute atomic E-state index is 0.0363. The van der Waals surface area contributed by atoms with Crippen LogP contribution < -0.4 is 10.6 Å². The Hall–Kier alpha value is -3.51. The van der Waals surface area contributed by atoms with Crippen LogP contribution in [0.4, 0.5) is 5.69 Å². The van der Waals surface area contributed by atoms with Gasteiger partial charge < -0.3 is 15.5 Å². The Balaban J connectivity index is 1.33. The molecule has 3 aromatic rings. The van der Waals surface area contributed by atoms with Crippen LogP contribution in [0.25, 0.3) is 0 Å². The van der Waals surface area contributed by atoms with Gasteiger partial charge in [0.2, 0.25) is 5.91 Å². The Morgan fingerprint density at radius 3 is 2.47 bits per heavy atom. The summed E-state index contributed by atoms with van der Waals surface area (Å²) in [5.74, 6) is 0.406. The first kappa shape index (κ1) is 25.6. The molecule has 0 bridgehead atoms. The molecule has 0 saturated carbocycles. The third-order valence-corrected chi connectivity index (χ3v) is 6.90. The zero-order valence-corrected chi connectivity index (χ0v) is 21.2. The highest BCUT2D eigenvalue weighted by molar-refractivity contribution is 5.94. The van der Waals surface area contributed by atoms with Crippen molar-refractivity contribution in [2.24, 2.45) is 5.92 Å². The van der Waals surface area contributed by atoms with Gasteiger partial charge in [-0.05, 0) is 73.7 Å². The molecule has 0 spiro atoms. The number of carbonyl (C=O) groups excluding carboxylic acids is 2. The molecule has 1 aliphatic rings. The summed E-state index contributed by atoms with van der Waals surface area (Å²) in [6.07, 6.45) is 6.29. The highest BCUT2D eigenvalue weighted by Gasteiger charge is 2.23. The van der Waals surface area contributed by atoms with E-state index < -0.39 is 0 Å². The number of rotatable bonds is 9. The van der Waals surface area contributed by atoms with Gasteiger partial charge in [0, 0.05) is 30.5 Å². The zero-order chi connectivity index (χ0) is 25.3. The summed E-state index contributed by atoms with van der Waals surface area (Å²) in [5.41, 5.74) is 3.86.